The summed E-state index contributed by atoms with van der Waals surface area (Å²) in [6.07, 6.45) is 3.63. The van der Waals surface area contributed by atoms with Gasteiger partial charge in [0.25, 0.3) is 0 Å². The third-order valence-electron chi connectivity index (χ3n) is 5.00. The molecule has 8 nitrogen and oxygen atoms in total. The smallest absolute Gasteiger partial charge is 0.237 e. The largest absolute Gasteiger partial charge is 0.497 e. The maximum atomic E-state index is 12.3. The van der Waals surface area contributed by atoms with Gasteiger partial charge >= 0.3 is 0 Å². The van der Waals surface area contributed by atoms with Gasteiger partial charge in [-0.3, -0.25) is 4.79 Å². The van der Waals surface area contributed by atoms with Crippen LogP contribution in [0.1, 0.15) is 5.69 Å². The summed E-state index contributed by atoms with van der Waals surface area (Å²) < 4.78 is 5.38. The summed E-state index contributed by atoms with van der Waals surface area (Å²) >= 11 is 6.17. The molecule has 1 amide bonds. The number of H-pyrrole nitrogens is 1. The topological polar surface area (TPSA) is 118 Å². The standard InChI is InChI=1S/C22H23ClN6O2/c1-31-15-3-5-19-17(10-15)21(16-4-2-13(23)8-20(16)29-19)26-6-7-27-22(30)18(24)9-14-11-25-12-28-14/h2-5,8,10-12,18H,6-7,9,24H2,1H3,(H,25,28)(H,26,29)(H,27,30)/t18-/m0/s1. The van der Waals surface area contributed by atoms with E-state index in [0.717, 1.165) is 38.9 Å². The van der Waals surface area contributed by atoms with E-state index >= 15 is 0 Å². The number of aromatic amines is 1. The molecule has 1 atom stereocenters. The van der Waals surface area contributed by atoms with E-state index in [-0.39, 0.29) is 5.91 Å². The number of amides is 1. The van der Waals surface area contributed by atoms with E-state index < -0.39 is 6.04 Å². The van der Waals surface area contributed by atoms with Gasteiger partial charge < -0.3 is 26.1 Å². The fourth-order valence-electron chi connectivity index (χ4n) is 3.44. The van der Waals surface area contributed by atoms with Crippen molar-refractivity contribution in [2.45, 2.75) is 12.5 Å². The van der Waals surface area contributed by atoms with E-state index in [2.05, 4.69) is 20.6 Å². The van der Waals surface area contributed by atoms with Crippen LogP contribution in [-0.2, 0) is 11.2 Å². The van der Waals surface area contributed by atoms with Crippen molar-refractivity contribution in [1.29, 1.82) is 0 Å². The molecule has 31 heavy (non-hydrogen) atoms. The molecule has 4 aromatic rings. The van der Waals surface area contributed by atoms with Gasteiger partial charge in [-0.1, -0.05) is 11.6 Å². The molecule has 0 aliphatic heterocycles. The van der Waals surface area contributed by atoms with Crippen molar-refractivity contribution in [3.8, 4) is 5.75 Å². The van der Waals surface area contributed by atoms with E-state index in [9.17, 15) is 4.79 Å². The minimum Gasteiger partial charge on any atom is -0.497 e. The Hall–Kier alpha value is -3.36. The van der Waals surface area contributed by atoms with Crippen LogP contribution in [-0.4, -0.2) is 47.1 Å². The number of rotatable bonds is 8. The zero-order chi connectivity index (χ0) is 21.8. The Morgan fingerprint density at radius 3 is 2.84 bits per heavy atom. The van der Waals surface area contributed by atoms with Crippen LogP contribution in [0.5, 0.6) is 5.75 Å². The van der Waals surface area contributed by atoms with Crippen LogP contribution in [0.2, 0.25) is 5.02 Å². The molecule has 5 N–H and O–H groups in total. The van der Waals surface area contributed by atoms with Crippen molar-refractivity contribution in [3.05, 3.63) is 59.6 Å². The number of nitrogens with two attached hydrogens (primary N) is 1. The predicted molar refractivity (Wildman–Crippen MR) is 123 cm³/mol. The van der Waals surface area contributed by atoms with Gasteiger partial charge in [0.2, 0.25) is 5.91 Å². The maximum absolute atomic E-state index is 12.3. The molecular weight excluding hydrogens is 416 g/mol. The van der Waals surface area contributed by atoms with E-state index in [0.29, 0.717) is 24.5 Å². The lowest BCUT2D eigenvalue weighted by atomic mass is 10.1. The number of benzene rings is 2. The number of imidazole rings is 1. The van der Waals surface area contributed by atoms with Crippen LogP contribution < -0.4 is 21.1 Å². The van der Waals surface area contributed by atoms with Gasteiger partial charge in [0.05, 0.1) is 36.2 Å². The first-order valence-electron chi connectivity index (χ1n) is 9.86. The Morgan fingerprint density at radius 2 is 2.06 bits per heavy atom. The van der Waals surface area contributed by atoms with Crippen molar-refractivity contribution in [1.82, 2.24) is 20.3 Å². The molecule has 2 aromatic carbocycles. The number of aromatic nitrogens is 3. The van der Waals surface area contributed by atoms with Gasteiger partial charge in [-0.25, -0.2) is 9.97 Å². The first-order chi connectivity index (χ1) is 15.0. The highest BCUT2D eigenvalue weighted by molar-refractivity contribution is 6.31. The molecule has 0 fully saturated rings. The maximum Gasteiger partial charge on any atom is 0.237 e. The molecule has 2 heterocycles. The number of nitrogens with zero attached hydrogens (tertiary/aromatic N) is 2. The number of ether oxygens (including phenoxy) is 1. The van der Waals surface area contributed by atoms with E-state index in [4.69, 9.17) is 27.1 Å². The Labute approximate surface area is 184 Å². The van der Waals surface area contributed by atoms with Crippen molar-refractivity contribution < 1.29 is 9.53 Å². The fourth-order valence-corrected chi connectivity index (χ4v) is 3.61. The van der Waals surface area contributed by atoms with E-state index in [1.807, 2.05) is 36.4 Å². The summed E-state index contributed by atoms with van der Waals surface area (Å²) in [6, 6.07) is 10.7. The molecule has 0 aliphatic carbocycles. The number of fused-ring (bicyclic) bond motifs is 2. The lowest BCUT2D eigenvalue weighted by Gasteiger charge is -2.15. The van der Waals surface area contributed by atoms with Crippen molar-refractivity contribution in [3.63, 3.8) is 0 Å². The number of nitrogens with one attached hydrogen (secondary N) is 3. The summed E-state index contributed by atoms with van der Waals surface area (Å²) in [4.78, 5) is 23.9. The highest BCUT2D eigenvalue weighted by Gasteiger charge is 2.15. The van der Waals surface area contributed by atoms with Gasteiger partial charge in [0.1, 0.15) is 5.75 Å². The lowest BCUT2D eigenvalue weighted by molar-refractivity contribution is -0.122. The quantitative estimate of drug-likeness (QED) is 0.248. The molecule has 0 saturated carbocycles. The SMILES string of the molecule is COc1ccc2nc3cc(Cl)ccc3c(NCCNC(=O)[C@@H](N)Cc3cnc[nH]3)c2c1. The van der Waals surface area contributed by atoms with Gasteiger partial charge in [-0.15, -0.1) is 0 Å². The number of hydrogen-bond donors (Lipinski definition) is 4. The van der Waals surface area contributed by atoms with Crippen LogP contribution in [0.4, 0.5) is 5.69 Å². The number of anilines is 1. The number of hydrogen-bond acceptors (Lipinski definition) is 6. The zero-order valence-electron chi connectivity index (χ0n) is 17.0. The van der Waals surface area contributed by atoms with Gasteiger partial charge in [0.15, 0.2) is 0 Å². The Bertz CT molecular complexity index is 1210. The molecule has 0 saturated heterocycles. The van der Waals surface area contributed by atoms with Crippen LogP contribution in [0, 0.1) is 0 Å². The van der Waals surface area contributed by atoms with Gasteiger partial charge in [-0.05, 0) is 36.4 Å². The average Bonchev–Trinajstić information content (AvgIpc) is 3.28. The zero-order valence-corrected chi connectivity index (χ0v) is 17.7. The third kappa shape index (κ3) is 4.70. The van der Waals surface area contributed by atoms with Crippen LogP contribution >= 0.6 is 11.6 Å². The Kier molecular flexibility index (Phi) is 6.20. The summed E-state index contributed by atoms with van der Waals surface area (Å²) in [5.74, 6) is 0.526. The molecular formula is C22H23ClN6O2. The monoisotopic (exact) mass is 438 g/mol. The summed E-state index contributed by atoms with van der Waals surface area (Å²) in [5, 5.41) is 8.79. The first kappa shape index (κ1) is 20.9. The number of carbonyl (C=O) groups is 1. The number of pyridine rings is 1. The minimum absolute atomic E-state index is 0.214. The molecule has 160 valence electrons. The highest BCUT2D eigenvalue weighted by Crippen LogP contribution is 2.34. The van der Waals surface area contributed by atoms with E-state index in [1.54, 1.807) is 19.6 Å². The first-order valence-corrected chi connectivity index (χ1v) is 10.2. The average molecular weight is 439 g/mol. The van der Waals surface area contributed by atoms with Crippen molar-refractivity contribution in [2.75, 3.05) is 25.5 Å². The Balaban J connectivity index is 1.49. The number of halogens is 1. The summed E-state index contributed by atoms with van der Waals surface area (Å²) in [5.41, 5.74) is 9.33. The van der Waals surface area contributed by atoms with Crippen LogP contribution in [0.3, 0.4) is 0 Å². The fraction of sp³-hybridized carbons (Fsp3) is 0.227. The number of methoxy groups -OCH3 is 1. The lowest BCUT2D eigenvalue weighted by Crippen LogP contribution is -2.43. The predicted octanol–water partition coefficient (Wildman–Crippen LogP) is 2.87. The van der Waals surface area contributed by atoms with Crippen molar-refractivity contribution >= 4 is 45.0 Å². The summed E-state index contributed by atoms with van der Waals surface area (Å²) in [6.45, 7) is 0.926. The second-order valence-electron chi connectivity index (χ2n) is 7.14. The van der Waals surface area contributed by atoms with Crippen molar-refractivity contribution in [2.24, 2.45) is 5.73 Å². The molecule has 2 aromatic heterocycles. The molecule has 9 heteroatoms. The molecule has 4 rings (SSSR count). The van der Waals surface area contributed by atoms with Gasteiger partial charge in [0, 0.05) is 47.2 Å². The summed E-state index contributed by atoms with van der Waals surface area (Å²) in [7, 11) is 1.63. The molecule has 0 aliphatic rings. The molecule has 0 unspecified atom stereocenters. The minimum atomic E-state index is -0.644. The number of carbonyl (C=O) groups excluding carboxylic acids is 1. The van der Waals surface area contributed by atoms with Crippen LogP contribution in [0.15, 0.2) is 48.9 Å². The highest BCUT2D eigenvalue weighted by atomic mass is 35.5. The molecule has 0 bridgehead atoms. The second-order valence-corrected chi connectivity index (χ2v) is 7.57. The Morgan fingerprint density at radius 1 is 1.19 bits per heavy atom. The third-order valence-corrected chi connectivity index (χ3v) is 5.24. The van der Waals surface area contributed by atoms with Crippen LogP contribution in [0.25, 0.3) is 21.8 Å². The molecule has 0 spiro atoms. The van der Waals surface area contributed by atoms with E-state index in [1.165, 1.54) is 0 Å². The molecule has 0 radical (unpaired) electrons. The normalized spacial score (nSPS) is 12.1. The second kappa shape index (κ2) is 9.20. The van der Waals surface area contributed by atoms with Gasteiger partial charge in [-0.2, -0.15) is 0 Å².